The zero-order valence-electron chi connectivity index (χ0n) is 18.4. The average molecular weight is 471 g/mol. The van der Waals surface area contributed by atoms with E-state index in [9.17, 15) is 9.59 Å². The van der Waals surface area contributed by atoms with Gasteiger partial charge in [0.2, 0.25) is 0 Å². The van der Waals surface area contributed by atoms with Gasteiger partial charge >= 0.3 is 12.0 Å². The zero-order valence-corrected chi connectivity index (χ0v) is 20.0. The molecular formula is C23H26N4O3S2. The summed E-state index contributed by atoms with van der Waals surface area (Å²) in [5, 5.41) is 9.41. The van der Waals surface area contributed by atoms with Crippen molar-refractivity contribution in [2.45, 2.75) is 24.8 Å². The number of carbonyl (C=O) groups excluding carboxylic acids is 2. The Morgan fingerprint density at radius 1 is 1.09 bits per heavy atom. The van der Waals surface area contributed by atoms with E-state index in [0.29, 0.717) is 28.6 Å². The third-order valence-corrected chi connectivity index (χ3v) is 6.25. The van der Waals surface area contributed by atoms with E-state index < -0.39 is 12.0 Å². The van der Waals surface area contributed by atoms with Crippen LogP contribution in [-0.2, 0) is 9.53 Å². The number of thioether (sulfide) groups is 1. The molecule has 9 heteroatoms. The van der Waals surface area contributed by atoms with E-state index in [1.807, 2.05) is 61.4 Å². The van der Waals surface area contributed by atoms with Gasteiger partial charge in [-0.1, -0.05) is 12.1 Å². The van der Waals surface area contributed by atoms with Gasteiger partial charge < -0.3 is 25.6 Å². The topological polar surface area (TPSA) is 82.7 Å². The lowest BCUT2D eigenvalue weighted by molar-refractivity contribution is -0.136. The van der Waals surface area contributed by atoms with Crippen LogP contribution in [0.15, 0.2) is 64.7 Å². The molecule has 1 atom stereocenters. The Labute approximate surface area is 197 Å². The molecule has 3 rings (SSSR count). The van der Waals surface area contributed by atoms with Gasteiger partial charge in [0.05, 0.1) is 18.7 Å². The lowest BCUT2D eigenvalue weighted by Crippen LogP contribution is -2.47. The first kappa shape index (κ1) is 23.6. The van der Waals surface area contributed by atoms with Crippen LogP contribution in [0.4, 0.5) is 16.2 Å². The van der Waals surface area contributed by atoms with Gasteiger partial charge in [-0.3, -0.25) is 0 Å². The number of nitrogens with one attached hydrogen (secondary N) is 3. The highest BCUT2D eigenvalue weighted by molar-refractivity contribution is 7.98. The molecule has 0 saturated carbocycles. The predicted octanol–water partition coefficient (Wildman–Crippen LogP) is 4.75. The maximum absolute atomic E-state index is 12.5. The van der Waals surface area contributed by atoms with E-state index in [1.54, 1.807) is 23.9 Å². The van der Waals surface area contributed by atoms with Crippen LogP contribution in [0, 0.1) is 0 Å². The molecule has 3 N–H and O–H groups in total. The van der Waals surface area contributed by atoms with Gasteiger partial charge in [-0.05, 0) is 74.3 Å². The maximum atomic E-state index is 12.5. The van der Waals surface area contributed by atoms with Gasteiger partial charge in [-0.2, -0.15) is 0 Å². The summed E-state index contributed by atoms with van der Waals surface area (Å²) in [5.74, 6) is -0.407. The van der Waals surface area contributed by atoms with Crippen molar-refractivity contribution in [2.75, 3.05) is 30.5 Å². The summed E-state index contributed by atoms with van der Waals surface area (Å²) < 4.78 is 5.01. The van der Waals surface area contributed by atoms with Crippen LogP contribution in [0.2, 0.25) is 0 Å². The smallest absolute Gasteiger partial charge is 0.337 e. The Kier molecular flexibility index (Phi) is 7.76. The van der Waals surface area contributed by atoms with Crippen LogP contribution < -0.4 is 16.0 Å². The van der Waals surface area contributed by atoms with Gasteiger partial charge in [0.15, 0.2) is 5.11 Å². The van der Waals surface area contributed by atoms with Crippen molar-refractivity contribution in [1.82, 2.24) is 10.2 Å². The molecule has 0 fully saturated rings. The van der Waals surface area contributed by atoms with E-state index in [-0.39, 0.29) is 6.03 Å². The maximum Gasteiger partial charge on any atom is 0.337 e. The summed E-state index contributed by atoms with van der Waals surface area (Å²) in [6.07, 6.45) is 2.00. The minimum atomic E-state index is -0.435. The summed E-state index contributed by atoms with van der Waals surface area (Å²) in [6, 6.07) is 14.1. The number of benzene rings is 2. The molecule has 7 nitrogen and oxygen atoms in total. The fourth-order valence-corrected chi connectivity index (χ4v) is 4.31. The third-order valence-electron chi connectivity index (χ3n) is 5.17. The first-order valence-corrected chi connectivity index (χ1v) is 11.7. The number of carbonyl (C=O) groups is 2. The molecule has 0 spiro atoms. The third kappa shape index (κ3) is 5.23. The number of anilines is 2. The van der Waals surface area contributed by atoms with Crippen molar-refractivity contribution in [1.29, 1.82) is 0 Å². The molecule has 0 aliphatic carbocycles. The van der Waals surface area contributed by atoms with Crippen LogP contribution >= 0.6 is 24.0 Å². The standard InChI is InChI=1S/C23H26N4O3S2/c1-5-27-14(2)19(21(28)30-3)20(26-23(27)31)15-6-8-16(9-7-15)24-22(29)25-17-10-12-18(32-4)13-11-17/h6-13,20H,5H2,1-4H3,(H,26,31)(H2,24,25,29). The first-order valence-electron chi connectivity index (χ1n) is 10.1. The monoisotopic (exact) mass is 470 g/mol. The summed E-state index contributed by atoms with van der Waals surface area (Å²) >= 11 is 7.12. The second-order valence-corrected chi connectivity index (χ2v) is 8.31. The number of urea groups is 1. The second kappa shape index (κ2) is 10.5. The molecule has 32 heavy (non-hydrogen) atoms. The minimum absolute atomic E-state index is 0.337. The van der Waals surface area contributed by atoms with Gasteiger partial charge in [0.25, 0.3) is 0 Å². The molecule has 0 bridgehead atoms. The van der Waals surface area contributed by atoms with Crippen molar-refractivity contribution < 1.29 is 14.3 Å². The molecule has 1 aliphatic rings. The number of ether oxygens (including phenoxy) is 1. The molecule has 2 amide bonds. The summed E-state index contributed by atoms with van der Waals surface area (Å²) in [7, 11) is 1.36. The molecule has 1 unspecified atom stereocenters. The lowest BCUT2D eigenvalue weighted by Gasteiger charge is -2.36. The van der Waals surface area contributed by atoms with E-state index >= 15 is 0 Å². The number of rotatable bonds is 6. The number of nitrogens with zero attached hydrogens (tertiary/aromatic N) is 1. The Morgan fingerprint density at radius 3 is 2.16 bits per heavy atom. The van der Waals surface area contributed by atoms with E-state index in [1.165, 1.54) is 7.11 Å². The van der Waals surface area contributed by atoms with Crippen LogP contribution in [-0.4, -0.2) is 41.9 Å². The normalized spacial score (nSPS) is 15.8. The zero-order chi connectivity index (χ0) is 23.3. The molecule has 0 aromatic heterocycles. The van der Waals surface area contributed by atoms with Crippen molar-refractivity contribution >= 4 is 52.5 Å². The average Bonchev–Trinajstić information content (AvgIpc) is 2.79. The second-order valence-electron chi connectivity index (χ2n) is 7.05. The summed E-state index contributed by atoms with van der Waals surface area (Å²) in [6.45, 7) is 4.47. The van der Waals surface area contributed by atoms with Crippen LogP contribution in [0.1, 0.15) is 25.5 Å². The van der Waals surface area contributed by atoms with Crippen molar-refractivity contribution in [2.24, 2.45) is 0 Å². The van der Waals surface area contributed by atoms with Gasteiger partial charge in [0.1, 0.15) is 0 Å². The molecule has 168 valence electrons. The Bertz CT molecular complexity index is 1040. The number of thiocarbonyl (C=S) groups is 1. The number of amides is 2. The van der Waals surface area contributed by atoms with E-state index in [2.05, 4.69) is 16.0 Å². The highest BCUT2D eigenvalue weighted by atomic mass is 32.2. The molecule has 1 heterocycles. The number of methoxy groups -OCH3 is 1. The van der Waals surface area contributed by atoms with E-state index in [4.69, 9.17) is 17.0 Å². The van der Waals surface area contributed by atoms with Crippen LogP contribution in [0.25, 0.3) is 0 Å². The van der Waals surface area contributed by atoms with Gasteiger partial charge in [-0.25, -0.2) is 9.59 Å². The first-order chi connectivity index (χ1) is 15.4. The minimum Gasteiger partial charge on any atom is -0.466 e. The molecule has 2 aromatic rings. The number of esters is 1. The summed E-state index contributed by atoms with van der Waals surface area (Å²) in [5.41, 5.74) is 3.44. The molecule has 0 radical (unpaired) electrons. The quantitative estimate of drug-likeness (QED) is 0.319. The number of allylic oxidation sites excluding steroid dienone is 1. The number of hydrogen-bond donors (Lipinski definition) is 3. The van der Waals surface area contributed by atoms with Crippen molar-refractivity contribution in [3.63, 3.8) is 0 Å². The molecule has 0 saturated heterocycles. The highest BCUT2D eigenvalue weighted by Crippen LogP contribution is 2.31. The lowest BCUT2D eigenvalue weighted by atomic mass is 9.95. The fourth-order valence-electron chi connectivity index (χ4n) is 3.51. The largest absolute Gasteiger partial charge is 0.466 e. The number of hydrogen-bond acceptors (Lipinski definition) is 5. The van der Waals surface area contributed by atoms with Gasteiger partial charge in [0, 0.05) is 28.5 Å². The van der Waals surface area contributed by atoms with Crippen LogP contribution in [0.3, 0.4) is 0 Å². The summed E-state index contributed by atoms with van der Waals surface area (Å²) in [4.78, 5) is 27.8. The van der Waals surface area contributed by atoms with Crippen molar-refractivity contribution in [3.8, 4) is 0 Å². The van der Waals surface area contributed by atoms with Crippen LogP contribution in [0.5, 0.6) is 0 Å². The van der Waals surface area contributed by atoms with Gasteiger partial charge in [-0.15, -0.1) is 11.8 Å². The van der Waals surface area contributed by atoms with Crippen molar-refractivity contribution in [3.05, 3.63) is 65.4 Å². The molecular weight excluding hydrogens is 444 g/mol. The fraction of sp³-hybridized carbons (Fsp3) is 0.261. The van der Waals surface area contributed by atoms with E-state index in [0.717, 1.165) is 16.2 Å². The Morgan fingerprint density at radius 2 is 1.66 bits per heavy atom. The predicted molar refractivity (Wildman–Crippen MR) is 133 cm³/mol. The molecule has 1 aliphatic heterocycles. The highest BCUT2D eigenvalue weighted by Gasteiger charge is 2.33. The Balaban J connectivity index is 1.75. The molecule has 2 aromatic carbocycles. The Hall–Kier alpha value is -3.04. The SMILES string of the molecule is CCN1C(=S)NC(c2ccc(NC(=O)Nc3ccc(SC)cc3)cc2)C(C(=O)OC)=C1C.